The Bertz CT molecular complexity index is 373. The highest BCUT2D eigenvalue weighted by Crippen LogP contribution is 2.02. The molecule has 0 spiro atoms. The maximum Gasteiger partial charge on any atom is 0.246 e. The van der Waals surface area contributed by atoms with Gasteiger partial charge in [0.2, 0.25) is 5.91 Å². The maximum absolute atomic E-state index is 11.2. The number of aryl methyl sites for hydroxylation is 1. The molecule has 0 saturated carbocycles. The highest BCUT2D eigenvalue weighted by atomic mass is 16.5. The summed E-state index contributed by atoms with van der Waals surface area (Å²) in [6.07, 6.45) is 2.03. The van der Waals surface area contributed by atoms with Gasteiger partial charge in [-0.25, -0.2) is 0 Å². The molecule has 1 aromatic rings. The number of hydrogen-bond acceptors (Lipinski definition) is 2. The van der Waals surface area contributed by atoms with Gasteiger partial charge in [0.05, 0.1) is 6.61 Å². The molecular weight excluding hydrogens is 226 g/mol. The third kappa shape index (κ3) is 6.21. The summed E-state index contributed by atoms with van der Waals surface area (Å²) in [5, 5.41) is 2.73. The van der Waals surface area contributed by atoms with E-state index in [2.05, 4.69) is 24.0 Å². The predicted octanol–water partition coefficient (Wildman–Crippen LogP) is 2.33. The third-order valence-electron chi connectivity index (χ3n) is 2.52. The van der Waals surface area contributed by atoms with Crippen molar-refractivity contribution < 1.29 is 9.53 Å². The SMILES string of the molecule is C=C(C)C(=O)NCCOCCCc1ccccc1. The molecule has 98 valence electrons. The van der Waals surface area contributed by atoms with Crippen LogP contribution in [0.4, 0.5) is 0 Å². The number of nitrogens with one attached hydrogen (secondary N) is 1. The summed E-state index contributed by atoms with van der Waals surface area (Å²) in [5.74, 6) is -0.108. The average Bonchev–Trinajstić information content (AvgIpc) is 2.38. The van der Waals surface area contributed by atoms with Crippen molar-refractivity contribution in [2.75, 3.05) is 19.8 Å². The van der Waals surface area contributed by atoms with Crippen molar-refractivity contribution in [3.63, 3.8) is 0 Å². The van der Waals surface area contributed by atoms with E-state index in [4.69, 9.17) is 4.74 Å². The number of hydrogen-bond donors (Lipinski definition) is 1. The van der Waals surface area contributed by atoms with Gasteiger partial charge in [0.1, 0.15) is 0 Å². The summed E-state index contributed by atoms with van der Waals surface area (Å²) < 4.78 is 5.44. The zero-order valence-corrected chi connectivity index (χ0v) is 10.9. The van der Waals surface area contributed by atoms with E-state index in [-0.39, 0.29) is 5.91 Å². The Labute approximate surface area is 109 Å². The number of carbonyl (C=O) groups is 1. The van der Waals surface area contributed by atoms with Crippen LogP contribution in [-0.2, 0) is 16.0 Å². The quantitative estimate of drug-likeness (QED) is 0.565. The molecule has 0 aliphatic carbocycles. The number of amides is 1. The fourth-order valence-corrected chi connectivity index (χ4v) is 1.51. The lowest BCUT2D eigenvalue weighted by molar-refractivity contribution is -0.117. The molecule has 1 aromatic carbocycles. The number of rotatable bonds is 8. The molecule has 1 rings (SSSR count). The van der Waals surface area contributed by atoms with Crippen LogP contribution in [-0.4, -0.2) is 25.7 Å². The lowest BCUT2D eigenvalue weighted by Gasteiger charge is -2.06. The minimum absolute atomic E-state index is 0.108. The van der Waals surface area contributed by atoms with Crippen molar-refractivity contribution >= 4 is 5.91 Å². The Kier molecular flexibility index (Phi) is 6.81. The van der Waals surface area contributed by atoms with Gasteiger partial charge < -0.3 is 10.1 Å². The van der Waals surface area contributed by atoms with Gasteiger partial charge in [-0.05, 0) is 25.3 Å². The molecule has 3 nitrogen and oxygen atoms in total. The van der Waals surface area contributed by atoms with Crippen molar-refractivity contribution in [3.8, 4) is 0 Å². The first-order valence-corrected chi connectivity index (χ1v) is 6.25. The Morgan fingerprint density at radius 1 is 1.28 bits per heavy atom. The van der Waals surface area contributed by atoms with Crippen LogP contribution in [0.25, 0.3) is 0 Å². The Hall–Kier alpha value is -1.61. The summed E-state index contributed by atoms with van der Waals surface area (Å²) >= 11 is 0. The van der Waals surface area contributed by atoms with E-state index in [0.29, 0.717) is 18.7 Å². The summed E-state index contributed by atoms with van der Waals surface area (Å²) in [6.45, 7) is 7.06. The topological polar surface area (TPSA) is 38.3 Å². The molecular formula is C15H21NO2. The highest BCUT2D eigenvalue weighted by molar-refractivity contribution is 5.91. The van der Waals surface area contributed by atoms with Crippen molar-refractivity contribution in [1.82, 2.24) is 5.32 Å². The summed E-state index contributed by atoms with van der Waals surface area (Å²) in [4.78, 5) is 11.2. The second-order valence-electron chi connectivity index (χ2n) is 4.24. The van der Waals surface area contributed by atoms with Gasteiger partial charge in [-0.1, -0.05) is 36.9 Å². The molecule has 0 heterocycles. The van der Waals surface area contributed by atoms with E-state index in [1.807, 2.05) is 18.2 Å². The van der Waals surface area contributed by atoms with Gasteiger partial charge >= 0.3 is 0 Å². The normalized spacial score (nSPS) is 10.1. The Morgan fingerprint density at radius 2 is 2.00 bits per heavy atom. The molecule has 0 bridgehead atoms. The molecule has 1 amide bonds. The van der Waals surface area contributed by atoms with Crippen LogP contribution in [0.15, 0.2) is 42.5 Å². The molecule has 0 unspecified atom stereocenters. The van der Waals surface area contributed by atoms with Crippen LogP contribution < -0.4 is 5.32 Å². The van der Waals surface area contributed by atoms with Gasteiger partial charge in [-0.2, -0.15) is 0 Å². The van der Waals surface area contributed by atoms with E-state index in [0.717, 1.165) is 19.4 Å². The molecule has 3 heteroatoms. The summed E-state index contributed by atoms with van der Waals surface area (Å²) in [6, 6.07) is 10.3. The van der Waals surface area contributed by atoms with Crippen LogP contribution in [0.3, 0.4) is 0 Å². The van der Waals surface area contributed by atoms with Gasteiger partial charge in [0.25, 0.3) is 0 Å². The first-order chi connectivity index (χ1) is 8.70. The second-order valence-corrected chi connectivity index (χ2v) is 4.24. The maximum atomic E-state index is 11.2. The number of benzene rings is 1. The molecule has 0 saturated heterocycles. The molecule has 0 fully saturated rings. The van der Waals surface area contributed by atoms with E-state index >= 15 is 0 Å². The van der Waals surface area contributed by atoms with Crippen molar-refractivity contribution in [3.05, 3.63) is 48.0 Å². The molecule has 0 radical (unpaired) electrons. The van der Waals surface area contributed by atoms with E-state index in [1.165, 1.54) is 5.56 Å². The van der Waals surface area contributed by atoms with Crippen molar-refractivity contribution in [2.45, 2.75) is 19.8 Å². The molecule has 0 aromatic heterocycles. The predicted molar refractivity (Wildman–Crippen MR) is 73.4 cm³/mol. The summed E-state index contributed by atoms with van der Waals surface area (Å²) in [5.41, 5.74) is 1.86. The molecule has 18 heavy (non-hydrogen) atoms. The second kappa shape index (κ2) is 8.48. The number of ether oxygens (including phenoxy) is 1. The van der Waals surface area contributed by atoms with Gasteiger partial charge in [0.15, 0.2) is 0 Å². The largest absolute Gasteiger partial charge is 0.380 e. The van der Waals surface area contributed by atoms with Gasteiger partial charge in [-0.3, -0.25) is 4.79 Å². The fourth-order valence-electron chi connectivity index (χ4n) is 1.51. The zero-order valence-electron chi connectivity index (χ0n) is 10.9. The number of carbonyl (C=O) groups excluding carboxylic acids is 1. The van der Waals surface area contributed by atoms with E-state index in [1.54, 1.807) is 6.92 Å². The molecule has 0 aliphatic rings. The molecule has 0 aliphatic heterocycles. The first-order valence-electron chi connectivity index (χ1n) is 6.25. The lowest BCUT2D eigenvalue weighted by Crippen LogP contribution is -2.27. The van der Waals surface area contributed by atoms with Crippen molar-refractivity contribution in [2.24, 2.45) is 0 Å². The average molecular weight is 247 g/mol. The zero-order chi connectivity index (χ0) is 13.2. The smallest absolute Gasteiger partial charge is 0.246 e. The highest BCUT2D eigenvalue weighted by Gasteiger charge is 1.99. The van der Waals surface area contributed by atoms with Crippen LogP contribution in [0.5, 0.6) is 0 Å². The van der Waals surface area contributed by atoms with Gasteiger partial charge in [0, 0.05) is 18.7 Å². The Morgan fingerprint density at radius 3 is 2.67 bits per heavy atom. The van der Waals surface area contributed by atoms with Crippen LogP contribution in [0.2, 0.25) is 0 Å². The Balaban J connectivity index is 1.96. The fraction of sp³-hybridized carbons (Fsp3) is 0.400. The van der Waals surface area contributed by atoms with Crippen LogP contribution >= 0.6 is 0 Å². The first kappa shape index (κ1) is 14.5. The van der Waals surface area contributed by atoms with Crippen LogP contribution in [0.1, 0.15) is 18.9 Å². The minimum atomic E-state index is -0.108. The molecule has 0 atom stereocenters. The lowest BCUT2D eigenvalue weighted by atomic mass is 10.1. The standard InChI is InChI=1S/C15H21NO2/c1-13(2)15(17)16-10-12-18-11-6-9-14-7-4-3-5-8-14/h3-5,7-8H,1,6,9-12H2,2H3,(H,16,17). The van der Waals surface area contributed by atoms with Crippen LogP contribution in [0, 0.1) is 0 Å². The minimum Gasteiger partial charge on any atom is -0.380 e. The van der Waals surface area contributed by atoms with E-state index < -0.39 is 0 Å². The van der Waals surface area contributed by atoms with E-state index in [9.17, 15) is 4.79 Å². The monoisotopic (exact) mass is 247 g/mol. The molecule has 1 N–H and O–H groups in total. The van der Waals surface area contributed by atoms with Gasteiger partial charge in [-0.15, -0.1) is 0 Å². The summed E-state index contributed by atoms with van der Waals surface area (Å²) in [7, 11) is 0. The third-order valence-corrected chi connectivity index (χ3v) is 2.52. The van der Waals surface area contributed by atoms with Crippen molar-refractivity contribution in [1.29, 1.82) is 0 Å².